The summed E-state index contributed by atoms with van der Waals surface area (Å²) in [6.07, 6.45) is -0.498. The fraction of sp³-hybridized carbons (Fsp3) is 0.263. The summed E-state index contributed by atoms with van der Waals surface area (Å²) in [6.45, 7) is 1.17. The quantitative estimate of drug-likeness (QED) is 0.219. The number of carboxylic acid groups (broad SMARTS) is 1. The van der Waals surface area contributed by atoms with Crippen LogP contribution >= 0.6 is 0 Å². The Kier molecular flexibility index (Phi) is 9.15. The van der Waals surface area contributed by atoms with E-state index in [1.807, 2.05) is 0 Å². The average molecular weight is 411 g/mol. The Morgan fingerprint density at radius 3 is 2.17 bits per heavy atom. The predicted molar refractivity (Wildman–Crippen MR) is 110 cm³/mol. The Bertz CT molecular complexity index is 907. The van der Waals surface area contributed by atoms with E-state index in [1.54, 1.807) is 48.5 Å². The van der Waals surface area contributed by atoms with E-state index in [0.29, 0.717) is 42.3 Å². The molecule has 0 saturated heterocycles. The van der Waals surface area contributed by atoms with Crippen molar-refractivity contribution in [1.29, 1.82) is 0 Å². The van der Waals surface area contributed by atoms with Gasteiger partial charge in [0.1, 0.15) is 5.75 Å². The van der Waals surface area contributed by atoms with Crippen molar-refractivity contribution >= 4 is 23.4 Å². The van der Waals surface area contributed by atoms with E-state index in [4.69, 9.17) is 15.4 Å². The molecule has 0 aliphatic rings. The third-order valence-electron chi connectivity index (χ3n) is 3.67. The zero-order chi connectivity index (χ0) is 21.6. The molecule has 0 heterocycles. The lowest BCUT2D eigenvalue weighted by Gasteiger charge is -2.05. The fourth-order valence-corrected chi connectivity index (χ4v) is 2.22. The second kappa shape index (κ2) is 12.4. The molecule has 0 spiro atoms. The van der Waals surface area contributed by atoms with Gasteiger partial charge in [0.05, 0.1) is 18.0 Å². The van der Waals surface area contributed by atoms with Gasteiger partial charge in [0.25, 0.3) is 5.91 Å². The predicted octanol–water partition coefficient (Wildman–Crippen LogP) is 4.18. The number of nitrogens with one attached hydrogen (secondary N) is 2. The van der Waals surface area contributed by atoms with Crippen molar-refractivity contribution in [2.45, 2.75) is 6.42 Å². The third-order valence-corrected chi connectivity index (χ3v) is 3.67. The van der Waals surface area contributed by atoms with Crippen LogP contribution in [-0.2, 0) is 0 Å². The van der Waals surface area contributed by atoms with Crippen LogP contribution in [0.25, 0.3) is 10.4 Å². The molecule has 11 heteroatoms. The molecule has 2 aromatic rings. The summed E-state index contributed by atoms with van der Waals surface area (Å²) in [5.74, 6) is 0.379. The van der Waals surface area contributed by atoms with Crippen molar-refractivity contribution in [1.82, 2.24) is 10.6 Å². The van der Waals surface area contributed by atoms with Crippen molar-refractivity contribution in [3.63, 3.8) is 0 Å². The van der Waals surface area contributed by atoms with E-state index in [-0.39, 0.29) is 19.0 Å². The van der Waals surface area contributed by atoms with E-state index in [2.05, 4.69) is 30.9 Å². The molecule has 0 unspecified atom stereocenters. The molecule has 0 bridgehead atoms. The summed E-state index contributed by atoms with van der Waals surface area (Å²) in [4.78, 5) is 25.0. The Morgan fingerprint density at radius 2 is 1.57 bits per heavy atom. The molecule has 3 N–H and O–H groups in total. The monoisotopic (exact) mass is 411 g/mol. The number of azo groups is 1. The minimum atomic E-state index is -1.14. The molecule has 0 fully saturated rings. The molecule has 11 nitrogen and oxygen atoms in total. The number of ether oxygens (including phenoxy) is 1. The highest BCUT2D eigenvalue weighted by atomic mass is 16.5. The summed E-state index contributed by atoms with van der Waals surface area (Å²) in [7, 11) is 0. The SMILES string of the molecule is [N-]=[N+]=NCCCOc1ccc(/N=N/c2ccc(C(=O)NCCNC(=O)O)cc2)cc1. The molecule has 0 aliphatic heterocycles. The van der Waals surface area contributed by atoms with E-state index >= 15 is 0 Å². The molecule has 2 amide bonds. The maximum atomic E-state index is 12.0. The van der Waals surface area contributed by atoms with Crippen LogP contribution in [0.5, 0.6) is 5.75 Å². The van der Waals surface area contributed by atoms with Crippen LogP contribution in [0.1, 0.15) is 16.8 Å². The normalized spacial score (nSPS) is 10.3. The molecule has 30 heavy (non-hydrogen) atoms. The van der Waals surface area contributed by atoms with Crippen molar-refractivity contribution in [3.05, 3.63) is 64.5 Å². The standard InChI is InChI=1S/C19H21N7O4/c20-26-23-10-1-13-30-17-8-6-16(7-9-17)25-24-15-4-2-14(3-5-15)18(27)21-11-12-22-19(28)29/h2-9,22H,1,10-13H2,(H,21,27)(H,28,29)/b25-24+. The van der Waals surface area contributed by atoms with E-state index in [9.17, 15) is 9.59 Å². The number of azide groups is 1. The summed E-state index contributed by atoms with van der Waals surface area (Å²) >= 11 is 0. The van der Waals surface area contributed by atoms with Crippen LogP contribution in [-0.4, -0.2) is 43.3 Å². The van der Waals surface area contributed by atoms with E-state index in [0.717, 1.165) is 0 Å². The van der Waals surface area contributed by atoms with Gasteiger partial charge in [-0.25, -0.2) is 4.79 Å². The first-order chi connectivity index (χ1) is 14.6. The molecular formula is C19H21N7O4. The highest BCUT2D eigenvalue weighted by molar-refractivity contribution is 5.94. The third kappa shape index (κ3) is 8.28. The van der Waals surface area contributed by atoms with Gasteiger partial charge in [0.15, 0.2) is 0 Å². The van der Waals surface area contributed by atoms with Gasteiger partial charge in [-0.2, -0.15) is 10.2 Å². The average Bonchev–Trinajstić information content (AvgIpc) is 2.76. The Hall–Kier alpha value is -4.11. The van der Waals surface area contributed by atoms with Crippen LogP contribution in [0.15, 0.2) is 63.9 Å². The summed E-state index contributed by atoms with van der Waals surface area (Å²) in [5.41, 5.74) is 9.86. The van der Waals surface area contributed by atoms with Crippen LogP contribution < -0.4 is 15.4 Å². The van der Waals surface area contributed by atoms with E-state index < -0.39 is 6.09 Å². The Morgan fingerprint density at radius 1 is 0.967 bits per heavy atom. The van der Waals surface area contributed by atoms with Crippen LogP contribution in [0.3, 0.4) is 0 Å². The van der Waals surface area contributed by atoms with Crippen molar-refractivity contribution in [2.24, 2.45) is 15.3 Å². The Labute approximate surface area is 172 Å². The lowest BCUT2D eigenvalue weighted by molar-refractivity contribution is 0.0953. The zero-order valence-electron chi connectivity index (χ0n) is 16.1. The van der Waals surface area contributed by atoms with Gasteiger partial charge >= 0.3 is 6.09 Å². The Balaban J connectivity index is 1.81. The molecule has 2 aromatic carbocycles. The zero-order valence-corrected chi connectivity index (χ0v) is 16.1. The van der Waals surface area contributed by atoms with Gasteiger partial charge in [0, 0.05) is 30.1 Å². The van der Waals surface area contributed by atoms with Gasteiger partial charge < -0.3 is 20.5 Å². The molecular weight excluding hydrogens is 390 g/mol. The molecule has 156 valence electrons. The van der Waals surface area contributed by atoms with Crippen LogP contribution in [0.2, 0.25) is 0 Å². The van der Waals surface area contributed by atoms with Gasteiger partial charge in [-0.3, -0.25) is 4.79 Å². The minimum absolute atomic E-state index is 0.132. The van der Waals surface area contributed by atoms with E-state index in [1.165, 1.54) is 0 Å². The van der Waals surface area contributed by atoms with Gasteiger partial charge in [-0.05, 0) is 60.5 Å². The number of carbonyl (C=O) groups is 2. The van der Waals surface area contributed by atoms with Crippen molar-refractivity contribution < 1.29 is 19.4 Å². The second-order valence-corrected chi connectivity index (χ2v) is 5.89. The van der Waals surface area contributed by atoms with Gasteiger partial charge in [-0.1, -0.05) is 5.11 Å². The number of nitrogens with zero attached hydrogens (tertiary/aromatic N) is 5. The summed E-state index contributed by atoms with van der Waals surface area (Å²) in [5, 5.41) is 25.0. The number of carbonyl (C=O) groups excluding carboxylic acids is 1. The molecule has 0 aromatic heterocycles. The van der Waals surface area contributed by atoms with Crippen molar-refractivity contribution in [2.75, 3.05) is 26.2 Å². The molecule has 0 aliphatic carbocycles. The van der Waals surface area contributed by atoms with Crippen molar-refractivity contribution in [3.8, 4) is 5.75 Å². The smallest absolute Gasteiger partial charge is 0.404 e. The number of hydrogen-bond acceptors (Lipinski definition) is 6. The first-order valence-corrected chi connectivity index (χ1v) is 9.09. The maximum Gasteiger partial charge on any atom is 0.404 e. The number of amides is 2. The first kappa shape index (κ1) is 22.2. The number of hydrogen-bond donors (Lipinski definition) is 3. The molecule has 0 atom stereocenters. The van der Waals surface area contributed by atoms with Gasteiger partial charge in [-0.15, -0.1) is 0 Å². The lowest BCUT2D eigenvalue weighted by atomic mass is 10.2. The molecule has 2 rings (SSSR count). The van der Waals surface area contributed by atoms with Crippen LogP contribution in [0, 0.1) is 0 Å². The summed E-state index contributed by atoms with van der Waals surface area (Å²) in [6, 6.07) is 13.6. The number of rotatable bonds is 11. The van der Waals surface area contributed by atoms with Gasteiger partial charge in [0.2, 0.25) is 0 Å². The number of benzene rings is 2. The fourth-order valence-electron chi connectivity index (χ4n) is 2.22. The summed E-state index contributed by atoms with van der Waals surface area (Å²) < 4.78 is 5.53. The molecule has 0 radical (unpaired) electrons. The second-order valence-electron chi connectivity index (χ2n) is 5.89. The topological polar surface area (TPSA) is 161 Å². The van der Waals surface area contributed by atoms with Crippen LogP contribution in [0.4, 0.5) is 16.2 Å². The molecule has 0 saturated carbocycles. The highest BCUT2D eigenvalue weighted by Crippen LogP contribution is 2.21. The lowest BCUT2D eigenvalue weighted by Crippen LogP contribution is -2.33. The maximum absolute atomic E-state index is 12.0. The highest BCUT2D eigenvalue weighted by Gasteiger charge is 2.05. The first-order valence-electron chi connectivity index (χ1n) is 9.09. The largest absolute Gasteiger partial charge is 0.494 e. The minimum Gasteiger partial charge on any atom is -0.494 e.